The molecule has 2 amide bonds. The van der Waals surface area contributed by atoms with Crippen LogP contribution in [-0.4, -0.2) is 18.4 Å². The number of rotatable bonds is 5. The summed E-state index contributed by atoms with van der Waals surface area (Å²) in [6, 6.07) is 7.77. The number of thiophene rings is 1. The van der Waals surface area contributed by atoms with Crippen LogP contribution in [0.5, 0.6) is 0 Å². The topological polar surface area (TPSA) is 58.2 Å². The molecule has 132 valence electrons. The molecule has 25 heavy (non-hydrogen) atoms. The monoisotopic (exact) mass is 420 g/mol. The summed E-state index contributed by atoms with van der Waals surface area (Å²) in [6.45, 7) is 2.28. The number of anilines is 1. The molecule has 0 bridgehead atoms. The highest BCUT2D eigenvalue weighted by Crippen LogP contribution is 2.29. The van der Waals surface area contributed by atoms with Crippen LogP contribution in [0.1, 0.15) is 44.9 Å². The average Bonchev–Trinajstić information content (AvgIpc) is 3.02. The SMILES string of the molecule is Cc1ccc(Br)cc1NC(=O)CCNC(=O)c1cc2c(s1)CCCC2. The van der Waals surface area contributed by atoms with Gasteiger partial charge in [-0.15, -0.1) is 11.3 Å². The number of nitrogens with one attached hydrogen (secondary N) is 2. The molecule has 4 nitrogen and oxygen atoms in total. The molecule has 1 aliphatic rings. The van der Waals surface area contributed by atoms with Gasteiger partial charge in [-0.05, 0) is 61.9 Å². The Bertz CT molecular complexity index is 777. The third-order valence-corrected chi connectivity index (χ3v) is 6.06. The minimum Gasteiger partial charge on any atom is -0.351 e. The van der Waals surface area contributed by atoms with Gasteiger partial charge in [-0.25, -0.2) is 0 Å². The van der Waals surface area contributed by atoms with E-state index >= 15 is 0 Å². The summed E-state index contributed by atoms with van der Waals surface area (Å²) in [6.07, 6.45) is 4.84. The van der Waals surface area contributed by atoms with Crippen molar-refractivity contribution in [2.45, 2.75) is 39.0 Å². The van der Waals surface area contributed by atoms with Crippen molar-refractivity contribution in [2.24, 2.45) is 0 Å². The van der Waals surface area contributed by atoms with Gasteiger partial charge in [0.25, 0.3) is 5.91 Å². The Hall–Kier alpha value is -1.66. The normalized spacial score (nSPS) is 13.2. The quantitative estimate of drug-likeness (QED) is 0.749. The van der Waals surface area contributed by atoms with Gasteiger partial charge in [0.15, 0.2) is 0 Å². The van der Waals surface area contributed by atoms with E-state index in [-0.39, 0.29) is 18.2 Å². The number of carbonyl (C=O) groups excluding carboxylic acids is 2. The number of carbonyl (C=O) groups is 2. The van der Waals surface area contributed by atoms with Crippen molar-refractivity contribution in [3.8, 4) is 0 Å². The fraction of sp³-hybridized carbons (Fsp3) is 0.368. The van der Waals surface area contributed by atoms with Crippen LogP contribution < -0.4 is 10.6 Å². The summed E-state index contributed by atoms with van der Waals surface area (Å²) in [5.74, 6) is -0.183. The van der Waals surface area contributed by atoms with Gasteiger partial charge in [-0.3, -0.25) is 9.59 Å². The van der Waals surface area contributed by atoms with Gasteiger partial charge in [-0.2, -0.15) is 0 Å². The molecule has 3 rings (SSSR count). The lowest BCUT2D eigenvalue weighted by molar-refractivity contribution is -0.116. The number of fused-ring (bicyclic) bond motifs is 1. The first-order valence-electron chi connectivity index (χ1n) is 8.49. The summed E-state index contributed by atoms with van der Waals surface area (Å²) < 4.78 is 0.920. The molecular weight excluding hydrogens is 400 g/mol. The Morgan fingerprint density at radius 1 is 1.20 bits per heavy atom. The second kappa shape index (κ2) is 8.15. The maximum Gasteiger partial charge on any atom is 0.261 e. The molecule has 1 aliphatic carbocycles. The van der Waals surface area contributed by atoms with Gasteiger partial charge < -0.3 is 10.6 Å². The minimum absolute atomic E-state index is 0.0779. The van der Waals surface area contributed by atoms with E-state index in [1.54, 1.807) is 11.3 Å². The fourth-order valence-electron chi connectivity index (χ4n) is 2.92. The maximum absolute atomic E-state index is 12.3. The lowest BCUT2D eigenvalue weighted by Crippen LogP contribution is -2.27. The molecule has 0 aliphatic heterocycles. The number of hydrogen-bond acceptors (Lipinski definition) is 3. The summed E-state index contributed by atoms with van der Waals surface area (Å²) in [7, 11) is 0. The summed E-state index contributed by atoms with van der Waals surface area (Å²) in [5.41, 5.74) is 3.12. The molecule has 0 atom stereocenters. The molecule has 1 aromatic carbocycles. The van der Waals surface area contributed by atoms with Crippen molar-refractivity contribution in [1.29, 1.82) is 0 Å². The maximum atomic E-state index is 12.3. The van der Waals surface area contributed by atoms with Crippen LogP contribution in [0.25, 0.3) is 0 Å². The van der Waals surface area contributed by atoms with Gasteiger partial charge in [0.1, 0.15) is 0 Å². The number of aryl methyl sites for hydroxylation is 3. The molecule has 0 unspecified atom stereocenters. The van der Waals surface area contributed by atoms with Crippen molar-refractivity contribution in [1.82, 2.24) is 5.32 Å². The van der Waals surface area contributed by atoms with Crippen molar-refractivity contribution in [3.05, 3.63) is 49.6 Å². The lowest BCUT2D eigenvalue weighted by atomic mass is 9.99. The van der Waals surface area contributed by atoms with Crippen LogP contribution in [0.3, 0.4) is 0 Å². The van der Waals surface area contributed by atoms with E-state index in [4.69, 9.17) is 0 Å². The van der Waals surface area contributed by atoms with Crippen LogP contribution in [0.15, 0.2) is 28.7 Å². The second-order valence-electron chi connectivity index (χ2n) is 6.28. The Morgan fingerprint density at radius 3 is 2.80 bits per heavy atom. The molecule has 6 heteroatoms. The molecule has 0 saturated heterocycles. The summed E-state index contributed by atoms with van der Waals surface area (Å²) in [5, 5.41) is 5.74. The Morgan fingerprint density at radius 2 is 2.00 bits per heavy atom. The number of amides is 2. The van der Waals surface area contributed by atoms with Gasteiger partial charge in [0.05, 0.1) is 4.88 Å². The number of hydrogen-bond donors (Lipinski definition) is 2. The average molecular weight is 421 g/mol. The molecule has 0 saturated carbocycles. The van der Waals surface area contributed by atoms with E-state index < -0.39 is 0 Å². The van der Waals surface area contributed by atoms with Gasteiger partial charge in [-0.1, -0.05) is 22.0 Å². The molecule has 0 radical (unpaired) electrons. The van der Waals surface area contributed by atoms with E-state index in [0.29, 0.717) is 6.54 Å². The van der Waals surface area contributed by atoms with E-state index in [9.17, 15) is 9.59 Å². The standard InChI is InChI=1S/C19H21BrN2O2S/c1-12-6-7-14(20)11-15(12)22-18(23)8-9-21-19(24)17-10-13-4-2-3-5-16(13)25-17/h6-7,10-11H,2-5,8-9H2,1H3,(H,21,24)(H,22,23). The largest absolute Gasteiger partial charge is 0.351 e. The van der Waals surface area contributed by atoms with Gasteiger partial charge in [0, 0.05) is 28.0 Å². The predicted molar refractivity (Wildman–Crippen MR) is 105 cm³/mol. The smallest absolute Gasteiger partial charge is 0.261 e. The first-order valence-corrected chi connectivity index (χ1v) is 10.1. The van der Waals surface area contributed by atoms with E-state index in [1.165, 1.54) is 23.3 Å². The van der Waals surface area contributed by atoms with Gasteiger partial charge >= 0.3 is 0 Å². The molecule has 1 aromatic heterocycles. The van der Waals surface area contributed by atoms with E-state index in [0.717, 1.165) is 33.4 Å². The highest BCUT2D eigenvalue weighted by Gasteiger charge is 2.17. The minimum atomic E-state index is -0.105. The second-order valence-corrected chi connectivity index (χ2v) is 8.33. The van der Waals surface area contributed by atoms with Crippen molar-refractivity contribution in [2.75, 3.05) is 11.9 Å². The molecule has 1 heterocycles. The zero-order valence-electron chi connectivity index (χ0n) is 14.2. The van der Waals surface area contributed by atoms with Crippen molar-refractivity contribution >= 4 is 44.8 Å². The van der Waals surface area contributed by atoms with Crippen LogP contribution in [0, 0.1) is 6.92 Å². The highest BCUT2D eigenvalue weighted by atomic mass is 79.9. The fourth-order valence-corrected chi connectivity index (χ4v) is 4.45. The third-order valence-electron chi connectivity index (χ3n) is 4.33. The van der Waals surface area contributed by atoms with Crippen LogP contribution in [-0.2, 0) is 17.6 Å². The summed E-state index contributed by atoms with van der Waals surface area (Å²) >= 11 is 4.99. The zero-order valence-corrected chi connectivity index (χ0v) is 16.6. The highest BCUT2D eigenvalue weighted by molar-refractivity contribution is 9.10. The first-order chi connectivity index (χ1) is 12.0. The molecule has 0 fully saturated rings. The zero-order chi connectivity index (χ0) is 17.8. The summed E-state index contributed by atoms with van der Waals surface area (Å²) in [4.78, 5) is 26.4. The van der Waals surface area contributed by atoms with Crippen LogP contribution in [0.4, 0.5) is 5.69 Å². The third kappa shape index (κ3) is 4.70. The molecule has 2 N–H and O–H groups in total. The van der Waals surface area contributed by atoms with Gasteiger partial charge in [0.2, 0.25) is 5.91 Å². The molecule has 2 aromatic rings. The first kappa shape index (κ1) is 18.1. The van der Waals surface area contributed by atoms with E-state index in [1.807, 2.05) is 31.2 Å². The van der Waals surface area contributed by atoms with Crippen LogP contribution in [0.2, 0.25) is 0 Å². The molecule has 0 spiro atoms. The number of benzene rings is 1. The number of halogens is 1. The van der Waals surface area contributed by atoms with Crippen molar-refractivity contribution in [3.63, 3.8) is 0 Å². The van der Waals surface area contributed by atoms with Crippen molar-refractivity contribution < 1.29 is 9.59 Å². The Labute approximate surface area is 160 Å². The lowest BCUT2D eigenvalue weighted by Gasteiger charge is -2.09. The Balaban J connectivity index is 1.48. The molecular formula is C19H21BrN2O2S. The van der Waals surface area contributed by atoms with Crippen LogP contribution >= 0.6 is 27.3 Å². The predicted octanol–water partition coefficient (Wildman–Crippen LogP) is 4.46. The van der Waals surface area contributed by atoms with E-state index in [2.05, 4.69) is 26.6 Å². The Kier molecular flexibility index (Phi) is 5.91.